The zero-order chi connectivity index (χ0) is 23.7. The Hall–Kier alpha value is -3.18. The molecule has 2 rings (SSSR count). The average Bonchev–Trinajstić information content (AvgIpc) is 2.71. The molecule has 0 aliphatic heterocycles. The maximum Gasteiger partial charge on any atom is 0.294 e. The Bertz CT molecular complexity index is 990. The number of aliphatic hydroxyl groups excluding tert-OH is 1. The SMILES string of the molecule is Cc1cc(OCC(O)CNC(C)(C)CNC(=O)CCCO[N+](=O)[O-])c2ccc(=O)[nH]c2c1. The molecule has 1 heterocycles. The van der Waals surface area contributed by atoms with Gasteiger partial charge < -0.3 is 30.3 Å². The largest absolute Gasteiger partial charge is 0.490 e. The van der Waals surface area contributed by atoms with Crippen LogP contribution in [-0.2, 0) is 9.63 Å². The highest BCUT2D eigenvalue weighted by molar-refractivity contribution is 5.85. The number of aromatic amines is 1. The second-order valence-electron chi connectivity index (χ2n) is 8.21. The van der Waals surface area contributed by atoms with Crippen molar-refractivity contribution in [1.29, 1.82) is 0 Å². The monoisotopic (exact) mass is 450 g/mol. The number of fused-ring (bicyclic) bond motifs is 1. The lowest BCUT2D eigenvalue weighted by molar-refractivity contribution is -0.757. The molecule has 1 atom stereocenters. The Morgan fingerprint density at radius 3 is 2.81 bits per heavy atom. The molecule has 1 unspecified atom stereocenters. The fraction of sp³-hybridized carbons (Fsp3) is 0.524. The van der Waals surface area contributed by atoms with E-state index in [1.54, 1.807) is 6.07 Å². The number of benzene rings is 1. The molecule has 176 valence electrons. The average molecular weight is 450 g/mol. The molecule has 1 aromatic carbocycles. The number of pyridine rings is 1. The third-order valence-corrected chi connectivity index (χ3v) is 4.67. The lowest BCUT2D eigenvalue weighted by atomic mass is 10.1. The minimum Gasteiger partial charge on any atom is -0.490 e. The third-order valence-electron chi connectivity index (χ3n) is 4.67. The molecular formula is C21H30N4O7. The normalized spacial score (nSPS) is 12.4. The summed E-state index contributed by atoms with van der Waals surface area (Å²) in [4.78, 5) is 40.4. The Labute approximate surface area is 185 Å². The van der Waals surface area contributed by atoms with Crippen LogP contribution in [0.4, 0.5) is 0 Å². The van der Waals surface area contributed by atoms with E-state index in [-0.39, 0.29) is 44.1 Å². The van der Waals surface area contributed by atoms with E-state index in [4.69, 9.17) is 4.74 Å². The number of aliphatic hydroxyl groups is 1. The summed E-state index contributed by atoms with van der Waals surface area (Å²) < 4.78 is 5.80. The number of rotatable bonds is 13. The van der Waals surface area contributed by atoms with Gasteiger partial charge in [0.05, 0.1) is 12.1 Å². The highest BCUT2D eigenvalue weighted by atomic mass is 16.9. The van der Waals surface area contributed by atoms with Gasteiger partial charge in [-0.05, 0) is 51.0 Å². The third kappa shape index (κ3) is 8.52. The number of ether oxygens (including phenoxy) is 1. The first kappa shape index (κ1) is 25.1. The van der Waals surface area contributed by atoms with Gasteiger partial charge in [-0.15, -0.1) is 10.1 Å². The highest BCUT2D eigenvalue weighted by Gasteiger charge is 2.20. The lowest BCUT2D eigenvalue weighted by Gasteiger charge is -2.28. The van der Waals surface area contributed by atoms with Crippen molar-refractivity contribution in [3.63, 3.8) is 0 Å². The van der Waals surface area contributed by atoms with E-state index in [9.17, 15) is 24.8 Å². The minimum absolute atomic E-state index is 0.0452. The van der Waals surface area contributed by atoms with E-state index in [2.05, 4.69) is 20.5 Å². The number of H-pyrrole nitrogens is 1. The maximum absolute atomic E-state index is 11.8. The Kier molecular flexibility index (Phi) is 8.97. The van der Waals surface area contributed by atoms with Crippen LogP contribution in [0.1, 0.15) is 32.3 Å². The number of hydrogen-bond acceptors (Lipinski definition) is 8. The van der Waals surface area contributed by atoms with E-state index >= 15 is 0 Å². The van der Waals surface area contributed by atoms with Crippen molar-refractivity contribution in [3.05, 3.63) is 50.3 Å². The summed E-state index contributed by atoms with van der Waals surface area (Å²) in [6, 6.07) is 6.81. The van der Waals surface area contributed by atoms with E-state index < -0.39 is 16.7 Å². The molecule has 0 bridgehead atoms. The van der Waals surface area contributed by atoms with Crippen LogP contribution in [0.2, 0.25) is 0 Å². The van der Waals surface area contributed by atoms with Crippen LogP contribution in [0.3, 0.4) is 0 Å². The van der Waals surface area contributed by atoms with E-state index in [0.717, 1.165) is 10.9 Å². The van der Waals surface area contributed by atoms with Crippen LogP contribution < -0.4 is 20.9 Å². The van der Waals surface area contributed by atoms with Crippen LogP contribution >= 0.6 is 0 Å². The van der Waals surface area contributed by atoms with Crippen LogP contribution in [0.5, 0.6) is 5.75 Å². The van der Waals surface area contributed by atoms with Crippen molar-refractivity contribution in [1.82, 2.24) is 15.6 Å². The Morgan fingerprint density at radius 1 is 1.34 bits per heavy atom. The molecule has 11 heteroatoms. The van der Waals surface area contributed by atoms with Gasteiger partial charge >= 0.3 is 0 Å². The van der Waals surface area contributed by atoms with Gasteiger partial charge in [0.1, 0.15) is 18.5 Å². The highest BCUT2D eigenvalue weighted by Crippen LogP contribution is 2.25. The van der Waals surface area contributed by atoms with Gasteiger partial charge in [0.2, 0.25) is 11.5 Å². The number of nitrogens with one attached hydrogen (secondary N) is 3. The van der Waals surface area contributed by atoms with Gasteiger partial charge in [-0.3, -0.25) is 9.59 Å². The van der Waals surface area contributed by atoms with E-state index in [1.165, 1.54) is 6.07 Å². The summed E-state index contributed by atoms with van der Waals surface area (Å²) in [5, 5.41) is 26.2. The molecule has 0 aliphatic carbocycles. The van der Waals surface area contributed by atoms with Gasteiger partial charge in [-0.2, -0.15) is 0 Å². The van der Waals surface area contributed by atoms with Crippen LogP contribution in [-0.4, -0.2) is 59.0 Å². The predicted octanol–water partition coefficient (Wildman–Crippen LogP) is 1.05. The second kappa shape index (κ2) is 11.4. The number of carbonyl (C=O) groups excluding carboxylic acids is 1. The molecule has 2 aromatic rings. The summed E-state index contributed by atoms with van der Waals surface area (Å²) in [7, 11) is 0. The second-order valence-corrected chi connectivity index (χ2v) is 8.21. The first-order valence-electron chi connectivity index (χ1n) is 10.3. The van der Waals surface area contributed by atoms with Crippen molar-refractivity contribution >= 4 is 16.8 Å². The molecular weight excluding hydrogens is 420 g/mol. The fourth-order valence-electron chi connectivity index (χ4n) is 2.97. The molecule has 0 aliphatic rings. The summed E-state index contributed by atoms with van der Waals surface area (Å²) in [5.41, 5.74) is 0.895. The van der Waals surface area contributed by atoms with Crippen LogP contribution in [0, 0.1) is 17.0 Å². The fourth-order valence-corrected chi connectivity index (χ4v) is 2.97. The van der Waals surface area contributed by atoms with Gasteiger partial charge in [-0.1, -0.05) is 0 Å². The number of β-amino-alcohol motifs (C(OH)–C–C–N with tert-alkyl or cyclic N) is 1. The number of aromatic nitrogens is 1. The van der Waals surface area contributed by atoms with Crippen molar-refractivity contribution in [2.24, 2.45) is 0 Å². The van der Waals surface area contributed by atoms with Gasteiger partial charge in [-0.25, -0.2) is 0 Å². The number of hydrogen-bond donors (Lipinski definition) is 4. The zero-order valence-electron chi connectivity index (χ0n) is 18.5. The summed E-state index contributed by atoms with van der Waals surface area (Å²) >= 11 is 0. The maximum atomic E-state index is 11.8. The smallest absolute Gasteiger partial charge is 0.294 e. The minimum atomic E-state index is -0.887. The van der Waals surface area contributed by atoms with Gasteiger partial charge in [0, 0.05) is 36.5 Å². The van der Waals surface area contributed by atoms with Crippen molar-refractivity contribution < 1.29 is 24.6 Å². The van der Waals surface area contributed by atoms with E-state index in [0.29, 0.717) is 17.8 Å². The van der Waals surface area contributed by atoms with Crippen molar-refractivity contribution in [2.45, 2.75) is 45.3 Å². The number of nitrogens with zero attached hydrogens (tertiary/aromatic N) is 1. The topological polar surface area (TPSA) is 156 Å². The number of aryl methyl sites for hydroxylation is 1. The number of amides is 1. The lowest BCUT2D eigenvalue weighted by Crippen LogP contribution is -2.51. The molecule has 0 saturated heterocycles. The quantitative estimate of drug-likeness (QED) is 0.200. The first-order valence-corrected chi connectivity index (χ1v) is 10.3. The summed E-state index contributed by atoms with van der Waals surface area (Å²) in [6.45, 7) is 6.11. The Morgan fingerprint density at radius 2 is 2.09 bits per heavy atom. The van der Waals surface area contributed by atoms with Gasteiger partial charge in [0.25, 0.3) is 5.09 Å². The van der Waals surface area contributed by atoms with E-state index in [1.807, 2.05) is 32.9 Å². The van der Waals surface area contributed by atoms with Crippen molar-refractivity contribution in [2.75, 3.05) is 26.3 Å². The standard InChI is InChI=1S/C21H30N4O7/c1-14-9-17-16(6-7-20(28)24-17)18(10-14)31-12-15(26)11-23-21(2,3)13-22-19(27)5-4-8-32-25(29)30/h6-7,9-10,15,23,26H,4-5,8,11-13H2,1-3H3,(H,22,27)(H,24,28). The predicted molar refractivity (Wildman–Crippen MR) is 118 cm³/mol. The molecule has 1 aromatic heterocycles. The molecule has 1 amide bonds. The van der Waals surface area contributed by atoms with Crippen LogP contribution in [0.25, 0.3) is 10.9 Å². The Balaban J connectivity index is 1.77. The first-order chi connectivity index (χ1) is 15.1. The van der Waals surface area contributed by atoms with Crippen molar-refractivity contribution in [3.8, 4) is 5.75 Å². The molecule has 0 spiro atoms. The molecule has 0 radical (unpaired) electrons. The summed E-state index contributed by atoms with van der Waals surface area (Å²) in [5.74, 6) is 0.336. The molecule has 11 nitrogen and oxygen atoms in total. The van der Waals surface area contributed by atoms with Gasteiger partial charge in [0.15, 0.2) is 0 Å². The molecule has 0 saturated carbocycles. The molecule has 32 heavy (non-hydrogen) atoms. The van der Waals surface area contributed by atoms with Crippen LogP contribution in [0.15, 0.2) is 29.1 Å². The molecule has 0 fully saturated rings. The number of carbonyl (C=O) groups is 1. The summed E-state index contributed by atoms with van der Waals surface area (Å²) in [6.07, 6.45) is -0.434. The molecule has 4 N–H and O–H groups in total. The zero-order valence-corrected chi connectivity index (χ0v) is 18.5.